The summed E-state index contributed by atoms with van der Waals surface area (Å²) < 4.78 is 0. The van der Waals surface area contributed by atoms with E-state index in [2.05, 4.69) is 41.8 Å². The molecule has 0 aliphatic carbocycles. The average molecular weight is 287 g/mol. The number of nitrogens with zero attached hydrogens (tertiary/aromatic N) is 2. The van der Waals surface area contributed by atoms with Crippen LogP contribution in [0.3, 0.4) is 0 Å². The number of hydrogen-bond donors (Lipinski definition) is 1. The third kappa shape index (κ3) is 2.97. The molecule has 0 amide bonds. The van der Waals surface area contributed by atoms with Crippen molar-refractivity contribution in [3.63, 3.8) is 0 Å². The highest BCUT2D eigenvalue weighted by molar-refractivity contribution is 5.73. The van der Waals surface area contributed by atoms with E-state index in [1.807, 2.05) is 0 Å². The number of benzene rings is 1. The van der Waals surface area contributed by atoms with Gasteiger partial charge in [0.25, 0.3) is 0 Å². The zero-order chi connectivity index (χ0) is 14.8. The normalized spacial score (nSPS) is 27.0. The number of rotatable bonds is 2. The van der Waals surface area contributed by atoms with Crippen LogP contribution in [0.2, 0.25) is 0 Å². The minimum absolute atomic E-state index is 0.628. The fourth-order valence-corrected chi connectivity index (χ4v) is 4.01. The SMILES string of the molecule is C[C@@H]1CC[C@H](C)N1c1ccc(N2CCCCCC2)c(N)c1. The molecule has 21 heavy (non-hydrogen) atoms. The molecule has 3 nitrogen and oxygen atoms in total. The van der Waals surface area contributed by atoms with Crippen LogP contribution >= 0.6 is 0 Å². The summed E-state index contributed by atoms with van der Waals surface area (Å²) in [6, 6.07) is 7.97. The lowest BCUT2D eigenvalue weighted by atomic mass is 10.1. The fraction of sp³-hybridized carbons (Fsp3) is 0.667. The second-order valence-corrected chi connectivity index (χ2v) is 6.83. The first kappa shape index (κ1) is 14.6. The van der Waals surface area contributed by atoms with Crippen LogP contribution in [-0.2, 0) is 0 Å². The van der Waals surface area contributed by atoms with Gasteiger partial charge in [0, 0.05) is 30.9 Å². The van der Waals surface area contributed by atoms with Crippen molar-refractivity contribution in [2.24, 2.45) is 0 Å². The fourth-order valence-electron chi connectivity index (χ4n) is 4.01. The van der Waals surface area contributed by atoms with Gasteiger partial charge in [0.15, 0.2) is 0 Å². The lowest BCUT2D eigenvalue weighted by Crippen LogP contribution is -2.32. The molecule has 3 rings (SSSR count). The van der Waals surface area contributed by atoms with E-state index in [9.17, 15) is 0 Å². The van der Waals surface area contributed by atoms with Crippen molar-refractivity contribution < 1.29 is 0 Å². The molecule has 2 aliphatic rings. The molecule has 2 fully saturated rings. The molecule has 0 saturated carbocycles. The van der Waals surface area contributed by atoms with E-state index in [0.717, 1.165) is 18.8 Å². The second-order valence-electron chi connectivity index (χ2n) is 6.83. The zero-order valence-corrected chi connectivity index (χ0v) is 13.5. The van der Waals surface area contributed by atoms with E-state index in [1.165, 1.54) is 49.9 Å². The predicted molar refractivity (Wildman–Crippen MR) is 92.2 cm³/mol. The highest BCUT2D eigenvalue weighted by atomic mass is 15.2. The zero-order valence-electron chi connectivity index (χ0n) is 13.5. The molecule has 0 bridgehead atoms. The summed E-state index contributed by atoms with van der Waals surface area (Å²) in [7, 11) is 0. The van der Waals surface area contributed by atoms with E-state index in [-0.39, 0.29) is 0 Å². The largest absolute Gasteiger partial charge is 0.397 e. The Kier molecular flexibility index (Phi) is 4.27. The van der Waals surface area contributed by atoms with Gasteiger partial charge in [0.05, 0.1) is 11.4 Å². The number of anilines is 3. The Morgan fingerprint density at radius 3 is 2.14 bits per heavy atom. The van der Waals surface area contributed by atoms with E-state index >= 15 is 0 Å². The van der Waals surface area contributed by atoms with Gasteiger partial charge in [0.1, 0.15) is 0 Å². The maximum atomic E-state index is 6.39. The maximum Gasteiger partial charge on any atom is 0.0601 e. The van der Waals surface area contributed by atoms with Crippen LogP contribution in [0.25, 0.3) is 0 Å². The quantitative estimate of drug-likeness (QED) is 0.834. The highest BCUT2D eigenvalue weighted by Crippen LogP contribution is 2.35. The molecule has 2 heterocycles. The van der Waals surface area contributed by atoms with E-state index in [4.69, 9.17) is 5.73 Å². The molecular weight excluding hydrogens is 258 g/mol. The predicted octanol–water partition coefficient (Wildman–Crippen LogP) is 4.03. The van der Waals surface area contributed by atoms with Crippen molar-refractivity contribution >= 4 is 17.1 Å². The Labute approximate surface area is 129 Å². The van der Waals surface area contributed by atoms with Gasteiger partial charge < -0.3 is 15.5 Å². The first-order valence-corrected chi connectivity index (χ1v) is 8.59. The monoisotopic (exact) mass is 287 g/mol. The Balaban J connectivity index is 1.82. The molecule has 2 N–H and O–H groups in total. The van der Waals surface area contributed by atoms with Gasteiger partial charge in [0.2, 0.25) is 0 Å². The van der Waals surface area contributed by atoms with Gasteiger partial charge in [-0.05, 0) is 57.7 Å². The minimum Gasteiger partial charge on any atom is -0.397 e. The van der Waals surface area contributed by atoms with Gasteiger partial charge in [-0.3, -0.25) is 0 Å². The summed E-state index contributed by atoms with van der Waals surface area (Å²) in [4.78, 5) is 5.01. The maximum absolute atomic E-state index is 6.39. The third-order valence-corrected chi connectivity index (χ3v) is 5.21. The van der Waals surface area contributed by atoms with Crippen LogP contribution in [-0.4, -0.2) is 25.2 Å². The summed E-state index contributed by atoms with van der Waals surface area (Å²) in [5, 5.41) is 0. The molecule has 0 spiro atoms. The average Bonchev–Trinajstić information content (AvgIpc) is 2.69. The summed E-state index contributed by atoms with van der Waals surface area (Å²) in [6.07, 6.45) is 7.88. The van der Waals surface area contributed by atoms with Crippen LogP contribution in [0.1, 0.15) is 52.4 Å². The minimum atomic E-state index is 0.628. The van der Waals surface area contributed by atoms with E-state index in [1.54, 1.807) is 0 Å². The molecule has 0 radical (unpaired) electrons. The summed E-state index contributed by atoms with van der Waals surface area (Å²) in [5.74, 6) is 0. The van der Waals surface area contributed by atoms with Crippen molar-refractivity contribution in [2.75, 3.05) is 28.6 Å². The Bertz CT molecular complexity index is 467. The lowest BCUT2D eigenvalue weighted by Gasteiger charge is -2.30. The summed E-state index contributed by atoms with van der Waals surface area (Å²) >= 11 is 0. The van der Waals surface area contributed by atoms with Gasteiger partial charge in [-0.1, -0.05) is 12.8 Å². The van der Waals surface area contributed by atoms with E-state index < -0.39 is 0 Å². The van der Waals surface area contributed by atoms with Crippen LogP contribution in [0.15, 0.2) is 18.2 Å². The van der Waals surface area contributed by atoms with Crippen molar-refractivity contribution in [2.45, 2.75) is 64.5 Å². The smallest absolute Gasteiger partial charge is 0.0601 e. The topological polar surface area (TPSA) is 32.5 Å². The number of nitrogen functional groups attached to an aromatic ring is 1. The summed E-state index contributed by atoms with van der Waals surface area (Å²) in [6.45, 7) is 6.95. The molecule has 0 aromatic heterocycles. The lowest BCUT2D eigenvalue weighted by molar-refractivity contribution is 0.694. The van der Waals surface area contributed by atoms with Gasteiger partial charge >= 0.3 is 0 Å². The number of hydrogen-bond acceptors (Lipinski definition) is 3. The van der Waals surface area contributed by atoms with Crippen molar-refractivity contribution in [1.29, 1.82) is 0 Å². The van der Waals surface area contributed by atoms with Crippen LogP contribution in [0, 0.1) is 0 Å². The van der Waals surface area contributed by atoms with Crippen LogP contribution in [0.5, 0.6) is 0 Å². The van der Waals surface area contributed by atoms with Crippen LogP contribution < -0.4 is 15.5 Å². The standard InChI is InChI=1S/C18H29N3/c1-14-7-8-15(2)21(14)16-9-10-18(17(19)13-16)20-11-5-3-4-6-12-20/h9-10,13-15H,3-8,11-12,19H2,1-2H3/t14-,15+. The molecular formula is C18H29N3. The van der Waals surface area contributed by atoms with Gasteiger partial charge in [-0.2, -0.15) is 0 Å². The molecule has 2 saturated heterocycles. The Hall–Kier alpha value is -1.38. The molecule has 2 atom stereocenters. The third-order valence-electron chi connectivity index (χ3n) is 5.21. The Morgan fingerprint density at radius 2 is 1.57 bits per heavy atom. The first-order chi connectivity index (χ1) is 10.2. The molecule has 3 heteroatoms. The van der Waals surface area contributed by atoms with Crippen molar-refractivity contribution in [3.8, 4) is 0 Å². The summed E-state index contributed by atoms with van der Waals surface area (Å²) in [5.41, 5.74) is 9.87. The molecule has 1 aromatic rings. The molecule has 0 unspecified atom stereocenters. The van der Waals surface area contributed by atoms with E-state index in [0.29, 0.717) is 12.1 Å². The van der Waals surface area contributed by atoms with Crippen LogP contribution in [0.4, 0.5) is 17.1 Å². The highest BCUT2D eigenvalue weighted by Gasteiger charge is 2.27. The second kappa shape index (κ2) is 6.17. The number of nitrogens with two attached hydrogens (primary N) is 1. The molecule has 116 valence electrons. The van der Waals surface area contributed by atoms with Gasteiger partial charge in [-0.15, -0.1) is 0 Å². The molecule has 1 aromatic carbocycles. The van der Waals surface area contributed by atoms with Crippen molar-refractivity contribution in [1.82, 2.24) is 0 Å². The molecule has 2 aliphatic heterocycles. The van der Waals surface area contributed by atoms with Gasteiger partial charge in [-0.25, -0.2) is 0 Å². The van der Waals surface area contributed by atoms with Crippen molar-refractivity contribution in [3.05, 3.63) is 18.2 Å². The Morgan fingerprint density at radius 1 is 0.952 bits per heavy atom. The first-order valence-electron chi connectivity index (χ1n) is 8.59.